The molecule has 1 rings (SSSR count). The first-order valence-electron chi connectivity index (χ1n) is 6.08. The van der Waals surface area contributed by atoms with Crippen molar-refractivity contribution in [2.75, 3.05) is 0 Å². The van der Waals surface area contributed by atoms with Gasteiger partial charge in [0.15, 0.2) is 0 Å². The molecule has 0 bridgehead atoms. The molecular formula is C13H23NSi. The van der Waals surface area contributed by atoms with Gasteiger partial charge in [0.25, 0.3) is 0 Å². The minimum absolute atomic E-state index is 1.24. The van der Waals surface area contributed by atoms with Gasteiger partial charge in [0.2, 0.25) is 0 Å². The van der Waals surface area contributed by atoms with E-state index in [9.17, 15) is 0 Å². The van der Waals surface area contributed by atoms with Crippen molar-refractivity contribution in [1.29, 1.82) is 0 Å². The second-order valence-electron chi connectivity index (χ2n) is 4.91. The first kappa shape index (κ1) is 12.4. The Labute approximate surface area is 95.0 Å². The Kier molecular flexibility index (Phi) is 5.02. The van der Waals surface area contributed by atoms with Crippen LogP contribution in [0.3, 0.4) is 0 Å². The molecular weight excluding hydrogens is 198 g/mol. The van der Waals surface area contributed by atoms with E-state index in [2.05, 4.69) is 37.1 Å². The maximum atomic E-state index is 4.51. The molecule has 0 unspecified atom stereocenters. The molecule has 0 spiro atoms. The monoisotopic (exact) mass is 221 g/mol. The molecule has 1 heterocycles. The van der Waals surface area contributed by atoms with Crippen LogP contribution in [0.25, 0.3) is 0 Å². The van der Waals surface area contributed by atoms with Crippen molar-refractivity contribution in [3.05, 3.63) is 24.4 Å². The van der Waals surface area contributed by atoms with Gasteiger partial charge < -0.3 is 0 Å². The van der Waals surface area contributed by atoms with Crippen molar-refractivity contribution in [3.8, 4) is 0 Å². The second-order valence-corrected chi connectivity index (χ2v) is 9.69. The molecule has 15 heavy (non-hydrogen) atoms. The Morgan fingerprint density at radius 1 is 1.13 bits per heavy atom. The smallest absolute Gasteiger partial charge is 0.104 e. The zero-order valence-corrected chi connectivity index (χ0v) is 11.3. The maximum Gasteiger partial charge on any atom is 0.104 e. The third-order valence-electron chi connectivity index (χ3n) is 3.01. The van der Waals surface area contributed by atoms with E-state index < -0.39 is 8.07 Å². The lowest BCUT2D eigenvalue weighted by atomic mass is 10.2. The fourth-order valence-corrected chi connectivity index (χ4v) is 4.25. The molecule has 0 saturated carbocycles. The van der Waals surface area contributed by atoms with Crippen LogP contribution in [0.15, 0.2) is 24.4 Å². The van der Waals surface area contributed by atoms with Crippen molar-refractivity contribution in [1.82, 2.24) is 4.98 Å². The predicted octanol–water partition coefficient (Wildman–Crippen LogP) is 3.58. The van der Waals surface area contributed by atoms with Crippen LogP contribution in [0, 0.1) is 0 Å². The van der Waals surface area contributed by atoms with Crippen molar-refractivity contribution in [2.24, 2.45) is 0 Å². The highest BCUT2D eigenvalue weighted by Gasteiger charge is 2.23. The Balaban J connectivity index is 2.45. The van der Waals surface area contributed by atoms with E-state index in [1.807, 2.05) is 12.3 Å². The molecule has 1 nitrogen and oxygen atoms in total. The van der Waals surface area contributed by atoms with Crippen LogP contribution in [-0.2, 0) is 0 Å². The largest absolute Gasteiger partial charge is 0.266 e. The molecule has 2 heteroatoms. The van der Waals surface area contributed by atoms with E-state index in [-0.39, 0.29) is 0 Å². The van der Waals surface area contributed by atoms with Crippen LogP contribution in [0.2, 0.25) is 19.1 Å². The standard InChI is InChI=1S/C13H23NSi/c1-4-5-6-9-12-15(2,3)13-10-7-8-11-14-13/h7-8,10-11H,4-6,9,12H2,1-3H3. The van der Waals surface area contributed by atoms with Gasteiger partial charge in [0.05, 0.1) is 0 Å². The fourth-order valence-electron chi connectivity index (χ4n) is 1.88. The molecule has 0 fully saturated rings. The number of hydrogen-bond donors (Lipinski definition) is 0. The lowest BCUT2D eigenvalue weighted by Crippen LogP contribution is -2.42. The number of unbranched alkanes of at least 4 members (excludes halogenated alkanes) is 3. The van der Waals surface area contributed by atoms with Crippen LogP contribution >= 0.6 is 0 Å². The summed E-state index contributed by atoms with van der Waals surface area (Å²) in [5.41, 5.74) is 0. The Morgan fingerprint density at radius 2 is 1.93 bits per heavy atom. The van der Waals surface area contributed by atoms with Gasteiger partial charge >= 0.3 is 0 Å². The van der Waals surface area contributed by atoms with Gasteiger partial charge in [-0.2, -0.15) is 0 Å². The lowest BCUT2D eigenvalue weighted by Gasteiger charge is -2.21. The van der Waals surface area contributed by atoms with Crippen molar-refractivity contribution in [3.63, 3.8) is 0 Å². The van der Waals surface area contributed by atoms with E-state index in [0.717, 1.165) is 0 Å². The molecule has 0 aliphatic carbocycles. The van der Waals surface area contributed by atoms with Crippen LogP contribution in [0.4, 0.5) is 0 Å². The number of hydrogen-bond acceptors (Lipinski definition) is 1. The fraction of sp³-hybridized carbons (Fsp3) is 0.615. The molecule has 1 aromatic rings. The molecule has 0 amide bonds. The Hall–Kier alpha value is -0.633. The molecule has 0 N–H and O–H groups in total. The summed E-state index contributed by atoms with van der Waals surface area (Å²) >= 11 is 0. The number of pyridine rings is 1. The zero-order chi connectivity index (χ0) is 11.1. The summed E-state index contributed by atoms with van der Waals surface area (Å²) in [6.45, 7) is 7.13. The van der Waals surface area contributed by atoms with E-state index in [0.29, 0.717) is 0 Å². The summed E-state index contributed by atoms with van der Waals surface area (Å²) in [6, 6.07) is 7.70. The first-order chi connectivity index (χ1) is 7.17. The Bertz CT molecular complexity index is 269. The number of nitrogens with zero attached hydrogens (tertiary/aromatic N) is 1. The van der Waals surface area contributed by atoms with Crippen LogP contribution < -0.4 is 5.32 Å². The quantitative estimate of drug-likeness (QED) is 0.528. The average molecular weight is 221 g/mol. The minimum atomic E-state index is -1.24. The van der Waals surface area contributed by atoms with Crippen LogP contribution in [-0.4, -0.2) is 13.1 Å². The predicted molar refractivity (Wildman–Crippen MR) is 70.3 cm³/mol. The van der Waals surface area contributed by atoms with Gasteiger partial charge in [-0.05, 0) is 12.1 Å². The molecule has 0 radical (unpaired) electrons. The summed E-state index contributed by atoms with van der Waals surface area (Å²) in [4.78, 5) is 4.51. The molecule has 0 aliphatic heterocycles. The molecule has 0 saturated heterocycles. The summed E-state index contributed by atoms with van der Waals surface area (Å²) < 4.78 is 0. The molecule has 0 atom stereocenters. The molecule has 1 aromatic heterocycles. The highest BCUT2D eigenvalue weighted by Crippen LogP contribution is 2.14. The highest BCUT2D eigenvalue weighted by molar-refractivity contribution is 6.89. The summed E-state index contributed by atoms with van der Waals surface area (Å²) in [5.74, 6) is 0. The van der Waals surface area contributed by atoms with Crippen LogP contribution in [0.1, 0.15) is 32.6 Å². The SMILES string of the molecule is CCCCCC[Si](C)(C)c1ccccn1. The number of rotatable bonds is 6. The molecule has 0 aliphatic rings. The second kappa shape index (κ2) is 6.06. The van der Waals surface area contributed by atoms with Crippen molar-refractivity contribution >= 4 is 13.4 Å². The summed E-state index contributed by atoms with van der Waals surface area (Å²) in [7, 11) is -1.24. The topological polar surface area (TPSA) is 12.9 Å². The van der Waals surface area contributed by atoms with Crippen molar-refractivity contribution in [2.45, 2.75) is 51.7 Å². The van der Waals surface area contributed by atoms with Gasteiger partial charge in [-0.25, -0.2) is 0 Å². The molecule has 0 aromatic carbocycles. The molecule has 84 valence electrons. The van der Waals surface area contributed by atoms with E-state index in [1.165, 1.54) is 37.0 Å². The first-order valence-corrected chi connectivity index (χ1v) is 9.29. The maximum absolute atomic E-state index is 4.51. The van der Waals surface area contributed by atoms with Gasteiger partial charge in [-0.3, -0.25) is 4.98 Å². The third-order valence-corrected chi connectivity index (χ3v) is 6.30. The number of aromatic nitrogens is 1. The van der Waals surface area contributed by atoms with Gasteiger partial charge in [0.1, 0.15) is 8.07 Å². The average Bonchev–Trinajstić information content (AvgIpc) is 2.26. The van der Waals surface area contributed by atoms with Crippen molar-refractivity contribution < 1.29 is 0 Å². The van der Waals surface area contributed by atoms with Gasteiger partial charge in [0, 0.05) is 11.5 Å². The van der Waals surface area contributed by atoms with E-state index in [1.54, 1.807) is 0 Å². The normalized spacial score (nSPS) is 11.7. The third kappa shape index (κ3) is 4.16. The summed E-state index contributed by atoms with van der Waals surface area (Å²) in [5, 5.41) is 1.36. The van der Waals surface area contributed by atoms with Crippen LogP contribution in [0.5, 0.6) is 0 Å². The van der Waals surface area contributed by atoms with Gasteiger partial charge in [-0.1, -0.05) is 57.8 Å². The summed E-state index contributed by atoms with van der Waals surface area (Å²) in [6.07, 6.45) is 7.40. The highest BCUT2D eigenvalue weighted by atomic mass is 28.3. The van der Waals surface area contributed by atoms with E-state index in [4.69, 9.17) is 0 Å². The van der Waals surface area contributed by atoms with Gasteiger partial charge in [-0.15, -0.1) is 0 Å². The minimum Gasteiger partial charge on any atom is -0.266 e. The Morgan fingerprint density at radius 3 is 2.53 bits per heavy atom. The van der Waals surface area contributed by atoms with E-state index >= 15 is 0 Å². The lowest BCUT2D eigenvalue weighted by molar-refractivity contribution is 0.697. The zero-order valence-electron chi connectivity index (χ0n) is 10.3.